The van der Waals surface area contributed by atoms with E-state index in [9.17, 15) is 0 Å². The molecule has 0 bridgehead atoms. The second-order valence-electron chi connectivity index (χ2n) is 4.80. The van der Waals surface area contributed by atoms with Crippen molar-refractivity contribution in [1.82, 2.24) is 4.98 Å². The Bertz CT molecular complexity index is 493. The molecule has 0 amide bonds. The molecule has 19 heavy (non-hydrogen) atoms. The van der Waals surface area contributed by atoms with Crippen LogP contribution in [0.15, 0.2) is 48.7 Å². The van der Waals surface area contributed by atoms with Crippen LogP contribution in [0, 0.1) is 0 Å². The highest BCUT2D eigenvalue weighted by Crippen LogP contribution is 2.17. The van der Waals surface area contributed by atoms with Crippen molar-refractivity contribution in [3.05, 3.63) is 59.9 Å². The summed E-state index contributed by atoms with van der Waals surface area (Å²) >= 11 is 0. The number of benzene rings is 1. The molecule has 3 heteroatoms. The van der Waals surface area contributed by atoms with Gasteiger partial charge in [-0.2, -0.15) is 0 Å². The predicted molar refractivity (Wildman–Crippen MR) is 80.0 cm³/mol. The molecule has 0 aliphatic carbocycles. The summed E-state index contributed by atoms with van der Waals surface area (Å²) in [7, 11) is 2.07. The molecule has 0 radical (unpaired) electrons. The Morgan fingerprint density at radius 3 is 2.47 bits per heavy atom. The Kier molecular flexibility index (Phi) is 4.53. The highest BCUT2D eigenvalue weighted by atomic mass is 15.1. The maximum atomic E-state index is 5.97. The summed E-state index contributed by atoms with van der Waals surface area (Å²) in [4.78, 5) is 6.63. The monoisotopic (exact) mass is 255 g/mol. The van der Waals surface area contributed by atoms with Crippen LogP contribution in [0.3, 0.4) is 0 Å². The normalized spacial score (nSPS) is 12.2. The molecular weight excluding hydrogens is 234 g/mol. The number of nitrogens with zero attached hydrogens (tertiary/aromatic N) is 2. The van der Waals surface area contributed by atoms with Gasteiger partial charge in [-0.3, -0.25) is 4.98 Å². The first kappa shape index (κ1) is 13.6. The summed E-state index contributed by atoms with van der Waals surface area (Å²) in [6.07, 6.45) is 2.81. The zero-order chi connectivity index (χ0) is 13.7. The van der Waals surface area contributed by atoms with E-state index in [1.807, 2.05) is 18.3 Å². The smallest absolute Gasteiger partial charge is 0.0572 e. The molecule has 0 aliphatic heterocycles. The van der Waals surface area contributed by atoms with Gasteiger partial charge in [-0.05, 0) is 24.1 Å². The highest BCUT2D eigenvalue weighted by Gasteiger charge is 2.06. The molecule has 1 atom stereocenters. The van der Waals surface area contributed by atoms with Gasteiger partial charge in [0.2, 0.25) is 0 Å². The van der Waals surface area contributed by atoms with Crippen molar-refractivity contribution in [2.24, 2.45) is 5.73 Å². The van der Waals surface area contributed by atoms with Gasteiger partial charge in [0.1, 0.15) is 0 Å². The zero-order valence-corrected chi connectivity index (χ0v) is 11.6. The maximum absolute atomic E-state index is 5.97. The molecule has 1 heterocycles. The first-order valence-electron chi connectivity index (χ1n) is 6.67. The quantitative estimate of drug-likeness (QED) is 0.892. The van der Waals surface area contributed by atoms with E-state index in [0.717, 1.165) is 24.3 Å². The first-order valence-corrected chi connectivity index (χ1v) is 6.67. The van der Waals surface area contributed by atoms with Gasteiger partial charge in [0.25, 0.3) is 0 Å². The predicted octanol–water partition coefficient (Wildman–Crippen LogP) is 3.13. The van der Waals surface area contributed by atoms with Crippen LogP contribution in [0.5, 0.6) is 0 Å². The third-order valence-electron chi connectivity index (χ3n) is 3.29. The molecule has 100 valence electrons. The fraction of sp³-hybridized carbons (Fsp3) is 0.312. The van der Waals surface area contributed by atoms with Gasteiger partial charge >= 0.3 is 0 Å². The van der Waals surface area contributed by atoms with E-state index in [1.165, 1.54) is 5.56 Å². The number of rotatable bonds is 5. The van der Waals surface area contributed by atoms with Crippen molar-refractivity contribution in [3.8, 4) is 0 Å². The minimum absolute atomic E-state index is 0.0356. The van der Waals surface area contributed by atoms with E-state index in [2.05, 4.69) is 54.2 Å². The van der Waals surface area contributed by atoms with E-state index in [4.69, 9.17) is 5.73 Å². The highest BCUT2D eigenvalue weighted by molar-refractivity contribution is 5.44. The lowest BCUT2D eigenvalue weighted by atomic mass is 10.1. The molecule has 2 rings (SSSR count). The lowest BCUT2D eigenvalue weighted by Gasteiger charge is -2.19. The van der Waals surface area contributed by atoms with E-state index in [0.29, 0.717) is 0 Å². The molecule has 0 fully saturated rings. The van der Waals surface area contributed by atoms with Crippen molar-refractivity contribution < 1.29 is 0 Å². The number of nitrogens with two attached hydrogens (primary N) is 1. The molecule has 2 N–H and O–H groups in total. The largest absolute Gasteiger partial charge is 0.369 e. The van der Waals surface area contributed by atoms with Crippen molar-refractivity contribution in [1.29, 1.82) is 0 Å². The van der Waals surface area contributed by atoms with Gasteiger partial charge in [-0.15, -0.1) is 0 Å². The Labute approximate surface area is 115 Å². The van der Waals surface area contributed by atoms with Crippen molar-refractivity contribution in [2.75, 3.05) is 11.9 Å². The van der Waals surface area contributed by atoms with Crippen LogP contribution < -0.4 is 10.6 Å². The molecule has 0 saturated carbocycles. The molecular formula is C16H21N3. The van der Waals surface area contributed by atoms with Crippen LogP contribution in [0.2, 0.25) is 0 Å². The first-order chi connectivity index (χ1) is 9.20. The zero-order valence-electron chi connectivity index (χ0n) is 11.6. The fourth-order valence-electron chi connectivity index (χ4n) is 2.00. The molecule has 0 saturated heterocycles. The number of pyridine rings is 1. The van der Waals surface area contributed by atoms with Crippen molar-refractivity contribution in [2.45, 2.75) is 25.9 Å². The molecule has 0 aliphatic rings. The second-order valence-corrected chi connectivity index (χ2v) is 4.80. The van der Waals surface area contributed by atoms with Crippen LogP contribution >= 0.6 is 0 Å². The van der Waals surface area contributed by atoms with Crippen LogP contribution in [0.25, 0.3) is 0 Å². The average molecular weight is 255 g/mol. The summed E-state index contributed by atoms with van der Waals surface area (Å²) in [5.74, 6) is 0. The molecule has 0 unspecified atom stereocenters. The van der Waals surface area contributed by atoms with Crippen LogP contribution in [-0.4, -0.2) is 12.0 Å². The lowest BCUT2D eigenvalue weighted by Crippen LogP contribution is -2.17. The number of hydrogen-bond acceptors (Lipinski definition) is 3. The number of anilines is 1. The lowest BCUT2D eigenvalue weighted by molar-refractivity contribution is 0.675. The van der Waals surface area contributed by atoms with Crippen LogP contribution in [0.4, 0.5) is 5.69 Å². The standard InChI is InChI=1S/C16H21N3/c1-3-15(17)16-10-9-14(11-18-16)19(2)12-13-7-5-4-6-8-13/h4-11,15H,3,12,17H2,1-2H3/t15-/m0/s1. The Balaban J connectivity index is 2.05. The van der Waals surface area contributed by atoms with Crippen LogP contribution in [0.1, 0.15) is 30.6 Å². The summed E-state index contributed by atoms with van der Waals surface area (Å²) < 4.78 is 0. The van der Waals surface area contributed by atoms with Crippen LogP contribution in [-0.2, 0) is 6.54 Å². The summed E-state index contributed by atoms with van der Waals surface area (Å²) in [5, 5.41) is 0. The molecule has 1 aromatic carbocycles. The van der Waals surface area contributed by atoms with Gasteiger partial charge in [0.05, 0.1) is 17.6 Å². The molecule has 2 aromatic rings. The van der Waals surface area contributed by atoms with Crippen molar-refractivity contribution in [3.63, 3.8) is 0 Å². The fourth-order valence-corrected chi connectivity index (χ4v) is 2.00. The molecule has 0 spiro atoms. The Morgan fingerprint density at radius 1 is 1.16 bits per heavy atom. The average Bonchev–Trinajstić information content (AvgIpc) is 2.47. The van der Waals surface area contributed by atoms with Gasteiger partial charge in [-0.1, -0.05) is 37.3 Å². The van der Waals surface area contributed by atoms with Gasteiger partial charge in [0.15, 0.2) is 0 Å². The van der Waals surface area contributed by atoms with Gasteiger partial charge in [-0.25, -0.2) is 0 Å². The van der Waals surface area contributed by atoms with E-state index >= 15 is 0 Å². The third-order valence-corrected chi connectivity index (χ3v) is 3.29. The van der Waals surface area contributed by atoms with Gasteiger partial charge < -0.3 is 10.6 Å². The molecule has 1 aromatic heterocycles. The molecule has 3 nitrogen and oxygen atoms in total. The van der Waals surface area contributed by atoms with E-state index < -0.39 is 0 Å². The number of hydrogen-bond donors (Lipinski definition) is 1. The Hall–Kier alpha value is -1.87. The minimum atomic E-state index is 0.0356. The topological polar surface area (TPSA) is 42.1 Å². The number of aromatic nitrogens is 1. The van der Waals surface area contributed by atoms with Gasteiger partial charge in [0, 0.05) is 19.6 Å². The summed E-state index contributed by atoms with van der Waals surface area (Å²) in [5.41, 5.74) is 9.32. The van der Waals surface area contributed by atoms with E-state index in [-0.39, 0.29) is 6.04 Å². The third kappa shape index (κ3) is 3.55. The summed E-state index contributed by atoms with van der Waals surface area (Å²) in [6.45, 7) is 2.95. The van der Waals surface area contributed by atoms with E-state index in [1.54, 1.807) is 0 Å². The van der Waals surface area contributed by atoms with Crippen molar-refractivity contribution >= 4 is 5.69 Å². The minimum Gasteiger partial charge on any atom is -0.369 e. The maximum Gasteiger partial charge on any atom is 0.0572 e. The summed E-state index contributed by atoms with van der Waals surface area (Å²) in [6, 6.07) is 14.6. The second kappa shape index (κ2) is 6.34. The Morgan fingerprint density at radius 2 is 1.89 bits per heavy atom. The SMILES string of the molecule is CC[C@H](N)c1ccc(N(C)Cc2ccccc2)cn1.